The highest BCUT2D eigenvalue weighted by Crippen LogP contribution is 2.30. The second kappa shape index (κ2) is 4.34. The number of fused-ring (bicyclic) bond motifs is 1. The summed E-state index contributed by atoms with van der Waals surface area (Å²) in [5.74, 6) is 0.242. The molecule has 4 heteroatoms. The number of carbonyl (C=O) groups is 1. The number of esters is 1. The van der Waals surface area contributed by atoms with Crippen LogP contribution >= 0.6 is 0 Å². The van der Waals surface area contributed by atoms with Crippen molar-refractivity contribution in [2.45, 2.75) is 38.8 Å². The Hall–Kier alpha value is -0.610. The van der Waals surface area contributed by atoms with Crippen molar-refractivity contribution in [1.29, 1.82) is 0 Å². The number of carbonyl (C=O) groups excluding carboxylic acids is 1. The SMILES string of the molecule is CC(C)(C)OC(=O)C1CCN[C@H]2COC[C@H]12. The topological polar surface area (TPSA) is 47.6 Å². The molecule has 0 bridgehead atoms. The Kier molecular flexibility index (Phi) is 3.22. The van der Waals surface area contributed by atoms with Gasteiger partial charge in [-0.15, -0.1) is 0 Å². The molecule has 2 rings (SSSR count). The Bertz CT molecular complexity index is 272. The molecular formula is C12H21NO3. The van der Waals surface area contributed by atoms with Crippen LogP contribution < -0.4 is 5.32 Å². The highest BCUT2D eigenvalue weighted by Gasteiger charge is 2.42. The van der Waals surface area contributed by atoms with Crippen molar-refractivity contribution >= 4 is 5.97 Å². The number of hydrogen-bond donors (Lipinski definition) is 1. The predicted molar refractivity (Wildman–Crippen MR) is 60.1 cm³/mol. The second-order valence-corrected chi connectivity index (χ2v) is 5.69. The molecule has 2 fully saturated rings. The lowest BCUT2D eigenvalue weighted by Crippen LogP contribution is -2.48. The zero-order valence-corrected chi connectivity index (χ0v) is 10.3. The van der Waals surface area contributed by atoms with E-state index in [1.54, 1.807) is 0 Å². The highest BCUT2D eigenvalue weighted by molar-refractivity contribution is 5.73. The smallest absolute Gasteiger partial charge is 0.309 e. The molecule has 2 heterocycles. The van der Waals surface area contributed by atoms with E-state index in [-0.39, 0.29) is 11.9 Å². The van der Waals surface area contributed by atoms with Gasteiger partial charge in [0.25, 0.3) is 0 Å². The predicted octanol–water partition coefficient (Wildman–Crippen LogP) is 0.953. The lowest BCUT2D eigenvalue weighted by atomic mass is 9.82. The van der Waals surface area contributed by atoms with Gasteiger partial charge in [0.05, 0.1) is 19.1 Å². The van der Waals surface area contributed by atoms with E-state index < -0.39 is 5.60 Å². The van der Waals surface area contributed by atoms with Crippen LogP contribution in [0.15, 0.2) is 0 Å². The van der Waals surface area contributed by atoms with Crippen LogP contribution in [0.25, 0.3) is 0 Å². The summed E-state index contributed by atoms with van der Waals surface area (Å²) in [7, 11) is 0. The van der Waals surface area contributed by atoms with Crippen molar-refractivity contribution < 1.29 is 14.3 Å². The molecule has 0 amide bonds. The van der Waals surface area contributed by atoms with Gasteiger partial charge < -0.3 is 14.8 Å². The Morgan fingerprint density at radius 1 is 1.38 bits per heavy atom. The quantitative estimate of drug-likeness (QED) is 0.678. The van der Waals surface area contributed by atoms with Gasteiger partial charge in [0.1, 0.15) is 5.60 Å². The van der Waals surface area contributed by atoms with Gasteiger partial charge in [-0.25, -0.2) is 0 Å². The number of piperidine rings is 1. The molecule has 2 saturated heterocycles. The molecule has 0 aromatic carbocycles. The third-order valence-electron chi connectivity index (χ3n) is 3.21. The molecule has 4 nitrogen and oxygen atoms in total. The summed E-state index contributed by atoms with van der Waals surface area (Å²) in [6.45, 7) is 8.03. The summed E-state index contributed by atoms with van der Waals surface area (Å²) >= 11 is 0. The van der Waals surface area contributed by atoms with Crippen LogP contribution in [0.4, 0.5) is 0 Å². The fourth-order valence-corrected chi connectivity index (χ4v) is 2.49. The highest BCUT2D eigenvalue weighted by atomic mass is 16.6. The Morgan fingerprint density at radius 3 is 2.81 bits per heavy atom. The minimum absolute atomic E-state index is 0.00738. The first-order chi connectivity index (χ1) is 7.47. The number of hydrogen-bond acceptors (Lipinski definition) is 4. The molecule has 0 radical (unpaired) electrons. The van der Waals surface area contributed by atoms with Crippen LogP contribution in [-0.4, -0.2) is 37.4 Å². The molecule has 92 valence electrons. The van der Waals surface area contributed by atoms with Crippen molar-refractivity contribution in [1.82, 2.24) is 5.32 Å². The van der Waals surface area contributed by atoms with Crippen LogP contribution in [0.3, 0.4) is 0 Å². The fourth-order valence-electron chi connectivity index (χ4n) is 2.49. The number of ether oxygens (including phenoxy) is 2. The minimum atomic E-state index is -0.392. The van der Waals surface area contributed by atoms with Gasteiger partial charge in [0.15, 0.2) is 0 Å². The van der Waals surface area contributed by atoms with E-state index in [2.05, 4.69) is 5.32 Å². The van der Waals surface area contributed by atoms with E-state index in [1.165, 1.54) is 0 Å². The zero-order chi connectivity index (χ0) is 11.8. The van der Waals surface area contributed by atoms with Crippen LogP contribution in [0.1, 0.15) is 27.2 Å². The van der Waals surface area contributed by atoms with Crippen LogP contribution in [-0.2, 0) is 14.3 Å². The van der Waals surface area contributed by atoms with Gasteiger partial charge in [-0.3, -0.25) is 4.79 Å². The van der Waals surface area contributed by atoms with Crippen molar-refractivity contribution in [3.8, 4) is 0 Å². The third kappa shape index (κ3) is 2.55. The van der Waals surface area contributed by atoms with Gasteiger partial charge in [0.2, 0.25) is 0 Å². The van der Waals surface area contributed by atoms with E-state index in [9.17, 15) is 4.79 Å². The maximum absolute atomic E-state index is 12.1. The first-order valence-corrected chi connectivity index (χ1v) is 6.01. The molecule has 0 saturated carbocycles. The van der Waals surface area contributed by atoms with Crippen LogP contribution in [0.2, 0.25) is 0 Å². The molecule has 0 aromatic rings. The molecule has 0 aromatic heterocycles. The van der Waals surface area contributed by atoms with Crippen LogP contribution in [0.5, 0.6) is 0 Å². The largest absolute Gasteiger partial charge is 0.460 e. The van der Waals surface area contributed by atoms with Gasteiger partial charge in [-0.2, -0.15) is 0 Å². The van der Waals surface area contributed by atoms with Crippen LogP contribution in [0, 0.1) is 11.8 Å². The normalized spacial score (nSPS) is 34.6. The zero-order valence-electron chi connectivity index (χ0n) is 10.3. The maximum Gasteiger partial charge on any atom is 0.309 e. The summed E-state index contributed by atoms with van der Waals surface area (Å²) in [6.07, 6.45) is 0.861. The summed E-state index contributed by atoms with van der Waals surface area (Å²) in [5, 5.41) is 3.40. The Labute approximate surface area is 96.7 Å². The lowest BCUT2D eigenvalue weighted by Gasteiger charge is -2.33. The summed E-state index contributed by atoms with van der Waals surface area (Å²) in [6, 6.07) is 0.339. The summed E-state index contributed by atoms with van der Waals surface area (Å²) in [5.41, 5.74) is -0.392. The summed E-state index contributed by atoms with van der Waals surface area (Å²) < 4.78 is 10.9. The molecule has 2 aliphatic rings. The molecule has 16 heavy (non-hydrogen) atoms. The molecule has 3 atom stereocenters. The van der Waals surface area contributed by atoms with Crippen molar-refractivity contribution in [3.63, 3.8) is 0 Å². The lowest BCUT2D eigenvalue weighted by molar-refractivity contribution is -0.163. The molecule has 0 spiro atoms. The minimum Gasteiger partial charge on any atom is -0.460 e. The van der Waals surface area contributed by atoms with E-state index in [1.807, 2.05) is 20.8 Å². The monoisotopic (exact) mass is 227 g/mol. The summed E-state index contributed by atoms with van der Waals surface area (Å²) in [4.78, 5) is 12.1. The van der Waals surface area contributed by atoms with Gasteiger partial charge >= 0.3 is 5.97 Å². The number of rotatable bonds is 1. The van der Waals surface area contributed by atoms with Gasteiger partial charge in [-0.1, -0.05) is 0 Å². The molecule has 2 aliphatic heterocycles. The van der Waals surface area contributed by atoms with Crippen molar-refractivity contribution in [3.05, 3.63) is 0 Å². The van der Waals surface area contributed by atoms with Gasteiger partial charge in [-0.05, 0) is 33.7 Å². The van der Waals surface area contributed by atoms with Crippen molar-refractivity contribution in [2.75, 3.05) is 19.8 Å². The van der Waals surface area contributed by atoms with Gasteiger partial charge in [0, 0.05) is 12.0 Å². The number of nitrogens with one attached hydrogen (secondary N) is 1. The third-order valence-corrected chi connectivity index (χ3v) is 3.21. The maximum atomic E-state index is 12.1. The Balaban J connectivity index is 2.00. The average Bonchev–Trinajstić information content (AvgIpc) is 2.61. The van der Waals surface area contributed by atoms with E-state index in [4.69, 9.17) is 9.47 Å². The van der Waals surface area contributed by atoms with E-state index >= 15 is 0 Å². The molecule has 1 unspecified atom stereocenters. The van der Waals surface area contributed by atoms with E-state index in [0.717, 1.165) is 19.6 Å². The first-order valence-electron chi connectivity index (χ1n) is 6.01. The molecular weight excluding hydrogens is 206 g/mol. The molecule has 1 N–H and O–H groups in total. The average molecular weight is 227 g/mol. The van der Waals surface area contributed by atoms with Crippen molar-refractivity contribution in [2.24, 2.45) is 11.8 Å². The first kappa shape index (κ1) is 11.9. The molecule has 0 aliphatic carbocycles. The van der Waals surface area contributed by atoms with E-state index in [0.29, 0.717) is 18.6 Å². The second-order valence-electron chi connectivity index (χ2n) is 5.69. The fraction of sp³-hybridized carbons (Fsp3) is 0.917. The standard InChI is InChI=1S/C12H21NO3/c1-12(2,3)16-11(14)8-4-5-13-10-7-15-6-9(8)10/h8-10,13H,4-7H2,1-3H3/t8?,9-,10+/m1/s1. The Morgan fingerprint density at radius 2 is 2.12 bits per heavy atom.